The van der Waals surface area contributed by atoms with E-state index in [0.29, 0.717) is 13.2 Å². The molecule has 8 heteroatoms. The van der Waals surface area contributed by atoms with Gasteiger partial charge in [-0.3, -0.25) is 0 Å². The fourth-order valence-electron chi connectivity index (χ4n) is 3.70. The number of benzene rings is 2. The van der Waals surface area contributed by atoms with Crippen LogP contribution in [0, 0.1) is 0 Å². The summed E-state index contributed by atoms with van der Waals surface area (Å²) in [5.74, 6) is 1.53. The average molecular weight is 434 g/mol. The van der Waals surface area contributed by atoms with Crippen LogP contribution in [0.15, 0.2) is 48.1 Å². The Morgan fingerprint density at radius 3 is 2.81 bits per heavy atom. The zero-order valence-corrected chi connectivity index (χ0v) is 18.4. The van der Waals surface area contributed by atoms with Gasteiger partial charge in [0.25, 0.3) is 0 Å². The second kappa shape index (κ2) is 7.56. The number of rotatable bonds is 6. The van der Waals surface area contributed by atoms with Crippen LogP contribution in [0.5, 0.6) is 0 Å². The van der Waals surface area contributed by atoms with Crippen molar-refractivity contribution < 1.29 is 9.84 Å². The smallest absolute Gasteiger partial charge is 0.161 e. The van der Waals surface area contributed by atoms with Crippen LogP contribution < -0.4 is 0 Å². The van der Waals surface area contributed by atoms with E-state index in [1.54, 1.807) is 32.3 Å². The number of imidazole rings is 2. The molecule has 0 atom stereocenters. The number of ether oxygens (including phenoxy) is 1. The quantitative estimate of drug-likeness (QED) is 0.409. The van der Waals surface area contributed by atoms with E-state index in [9.17, 15) is 5.11 Å². The lowest BCUT2D eigenvalue weighted by atomic mass is 9.98. The number of methoxy groups -OCH3 is 1. The van der Waals surface area contributed by atoms with E-state index in [4.69, 9.17) is 14.7 Å². The summed E-state index contributed by atoms with van der Waals surface area (Å²) in [5.41, 5.74) is 6.24. The van der Waals surface area contributed by atoms with Gasteiger partial charge in [-0.05, 0) is 49.7 Å². The van der Waals surface area contributed by atoms with Crippen molar-refractivity contribution in [3.63, 3.8) is 0 Å². The molecule has 31 heavy (non-hydrogen) atoms. The Labute approximate surface area is 183 Å². The first-order valence-electron chi connectivity index (χ1n) is 10.1. The SMILES string of the molecule is COCCn1c(-c2c[nH]c(-c3ccc4scnc4c3)n2)nc2cc(C(C)(C)O)ccc21. The number of H-pyrrole nitrogens is 1. The number of hydrogen-bond acceptors (Lipinski definition) is 6. The molecule has 0 aliphatic heterocycles. The molecule has 0 aliphatic carbocycles. The third kappa shape index (κ3) is 3.63. The number of hydrogen-bond donors (Lipinski definition) is 2. The van der Waals surface area contributed by atoms with Crippen molar-refractivity contribution in [3.05, 3.63) is 53.7 Å². The van der Waals surface area contributed by atoms with Gasteiger partial charge in [-0.25, -0.2) is 15.0 Å². The molecule has 0 amide bonds. The molecule has 7 nitrogen and oxygen atoms in total. The van der Waals surface area contributed by atoms with Crippen molar-refractivity contribution in [3.8, 4) is 22.9 Å². The summed E-state index contributed by atoms with van der Waals surface area (Å²) in [5, 5.41) is 10.4. The minimum absolute atomic E-state index is 0.559. The minimum atomic E-state index is -0.932. The fourth-order valence-corrected chi connectivity index (χ4v) is 4.36. The van der Waals surface area contributed by atoms with Crippen molar-refractivity contribution >= 4 is 32.6 Å². The minimum Gasteiger partial charge on any atom is -0.386 e. The molecule has 3 heterocycles. The number of nitrogens with zero attached hydrogens (tertiary/aromatic N) is 4. The summed E-state index contributed by atoms with van der Waals surface area (Å²) < 4.78 is 8.58. The number of nitrogens with one attached hydrogen (secondary N) is 1. The third-order valence-corrected chi connectivity index (χ3v) is 6.19. The normalized spacial score (nSPS) is 12.3. The van der Waals surface area contributed by atoms with Crippen molar-refractivity contribution in [2.75, 3.05) is 13.7 Å². The second-order valence-corrected chi connectivity index (χ2v) is 8.90. The predicted octanol–water partition coefficient (Wildman–Crippen LogP) is 4.58. The number of aromatic nitrogens is 5. The summed E-state index contributed by atoms with van der Waals surface area (Å²) in [7, 11) is 1.69. The van der Waals surface area contributed by atoms with Gasteiger partial charge >= 0.3 is 0 Å². The molecule has 0 saturated heterocycles. The fraction of sp³-hybridized carbons (Fsp3) is 0.261. The Bertz CT molecular complexity index is 1380. The van der Waals surface area contributed by atoms with Crippen molar-refractivity contribution in [1.29, 1.82) is 0 Å². The summed E-state index contributed by atoms with van der Waals surface area (Å²) in [6.45, 7) is 4.76. The monoisotopic (exact) mass is 433 g/mol. The number of aliphatic hydroxyl groups is 1. The van der Waals surface area contributed by atoms with Crippen molar-refractivity contribution in [1.82, 2.24) is 24.5 Å². The molecule has 0 fully saturated rings. The van der Waals surface area contributed by atoms with Gasteiger partial charge in [0.15, 0.2) is 5.82 Å². The molecule has 0 spiro atoms. The average Bonchev–Trinajstić information content (AvgIpc) is 3.48. The first-order chi connectivity index (χ1) is 14.9. The lowest BCUT2D eigenvalue weighted by molar-refractivity contribution is 0.0787. The molecule has 0 unspecified atom stereocenters. The Morgan fingerprint density at radius 2 is 2.00 bits per heavy atom. The summed E-state index contributed by atoms with van der Waals surface area (Å²) in [4.78, 5) is 17.4. The highest BCUT2D eigenvalue weighted by Crippen LogP contribution is 2.30. The van der Waals surface area contributed by atoms with Crippen LogP contribution in [-0.2, 0) is 16.9 Å². The van der Waals surface area contributed by atoms with Gasteiger partial charge in [0, 0.05) is 25.4 Å². The molecule has 3 aromatic heterocycles. The summed E-state index contributed by atoms with van der Waals surface area (Å²) >= 11 is 1.62. The van der Waals surface area contributed by atoms with E-state index >= 15 is 0 Å². The lowest BCUT2D eigenvalue weighted by Gasteiger charge is -2.17. The molecule has 2 aromatic carbocycles. The van der Waals surface area contributed by atoms with Gasteiger partial charge in [0.2, 0.25) is 0 Å². The van der Waals surface area contributed by atoms with Gasteiger partial charge in [0.1, 0.15) is 11.5 Å². The van der Waals surface area contributed by atoms with E-state index in [2.05, 4.69) is 20.6 Å². The maximum absolute atomic E-state index is 10.4. The van der Waals surface area contributed by atoms with E-state index in [-0.39, 0.29) is 0 Å². The van der Waals surface area contributed by atoms with Crippen LogP contribution in [-0.4, -0.2) is 43.3 Å². The highest BCUT2D eigenvalue weighted by molar-refractivity contribution is 7.16. The van der Waals surface area contributed by atoms with Gasteiger partial charge in [-0.2, -0.15) is 0 Å². The highest BCUT2D eigenvalue weighted by atomic mass is 32.1. The molecule has 0 saturated carbocycles. The van der Waals surface area contributed by atoms with Crippen LogP contribution in [0.3, 0.4) is 0 Å². The third-order valence-electron chi connectivity index (χ3n) is 5.38. The molecule has 158 valence electrons. The number of aromatic amines is 1. The maximum atomic E-state index is 10.4. The second-order valence-electron chi connectivity index (χ2n) is 8.01. The van der Waals surface area contributed by atoms with Crippen LogP contribution in [0.25, 0.3) is 44.2 Å². The molecule has 5 aromatic rings. The molecular formula is C23H23N5O2S. The largest absolute Gasteiger partial charge is 0.386 e. The molecule has 0 radical (unpaired) electrons. The maximum Gasteiger partial charge on any atom is 0.161 e. The number of thiazole rings is 1. The standard InChI is InChI=1S/C23H23N5O2S/c1-23(2,29)15-5-6-19-16(11-15)27-22(28(19)8-9-30-3)18-12-24-21(26-18)14-4-7-20-17(10-14)25-13-31-20/h4-7,10-13,29H,8-9H2,1-3H3,(H,24,26). The first kappa shape index (κ1) is 19.9. The first-order valence-corrected chi connectivity index (χ1v) is 10.9. The van der Waals surface area contributed by atoms with Crippen LogP contribution in [0.1, 0.15) is 19.4 Å². The molecular weight excluding hydrogens is 410 g/mol. The lowest BCUT2D eigenvalue weighted by Crippen LogP contribution is -2.15. The Balaban J connectivity index is 1.60. The predicted molar refractivity (Wildman–Crippen MR) is 123 cm³/mol. The van der Waals surface area contributed by atoms with Crippen LogP contribution >= 0.6 is 11.3 Å². The highest BCUT2D eigenvalue weighted by Gasteiger charge is 2.20. The van der Waals surface area contributed by atoms with Crippen LogP contribution in [0.2, 0.25) is 0 Å². The summed E-state index contributed by atoms with van der Waals surface area (Å²) in [6.07, 6.45) is 1.88. The van der Waals surface area contributed by atoms with E-state index < -0.39 is 5.60 Å². The Kier molecular flexibility index (Phi) is 4.85. The number of fused-ring (bicyclic) bond motifs is 2. The van der Waals surface area contributed by atoms with E-state index in [1.165, 1.54) is 0 Å². The summed E-state index contributed by atoms with van der Waals surface area (Å²) in [6, 6.07) is 12.0. The van der Waals surface area contributed by atoms with Crippen molar-refractivity contribution in [2.24, 2.45) is 0 Å². The molecule has 2 N–H and O–H groups in total. The van der Waals surface area contributed by atoms with E-state index in [1.807, 2.05) is 42.0 Å². The van der Waals surface area contributed by atoms with Crippen molar-refractivity contribution in [2.45, 2.75) is 26.0 Å². The molecule has 0 aliphatic rings. The zero-order valence-electron chi connectivity index (χ0n) is 17.6. The Morgan fingerprint density at radius 1 is 1.13 bits per heavy atom. The van der Waals surface area contributed by atoms with Gasteiger partial charge in [-0.1, -0.05) is 6.07 Å². The topological polar surface area (TPSA) is 88.9 Å². The Hall–Kier alpha value is -3.07. The van der Waals surface area contributed by atoms with E-state index in [0.717, 1.165) is 49.7 Å². The molecule has 5 rings (SSSR count). The van der Waals surface area contributed by atoms with Crippen LogP contribution in [0.4, 0.5) is 0 Å². The van der Waals surface area contributed by atoms with Gasteiger partial charge in [-0.15, -0.1) is 11.3 Å². The zero-order chi connectivity index (χ0) is 21.6. The van der Waals surface area contributed by atoms with Gasteiger partial charge in [0.05, 0.1) is 39.0 Å². The van der Waals surface area contributed by atoms with Gasteiger partial charge < -0.3 is 19.4 Å². The molecule has 0 bridgehead atoms.